The summed E-state index contributed by atoms with van der Waals surface area (Å²) >= 11 is 0. The fourth-order valence-corrected chi connectivity index (χ4v) is 4.79. The van der Waals surface area contributed by atoms with Gasteiger partial charge in [-0.05, 0) is 51.1 Å². The Bertz CT molecular complexity index is 802. The summed E-state index contributed by atoms with van der Waals surface area (Å²) in [5, 5.41) is 3.02. The summed E-state index contributed by atoms with van der Waals surface area (Å²) in [4.78, 5) is -0.176. The van der Waals surface area contributed by atoms with E-state index in [1.807, 2.05) is 7.05 Å². The van der Waals surface area contributed by atoms with Crippen molar-refractivity contribution in [2.45, 2.75) is 18.2 Å². The number of nitrogens with zero attached hydrogens (tertiary/aromatic N) is 1. The molecule has 1 aliphatic heterocycles. The number of anilines is 1. The van der Waals surface area contributed by atoms with E-state index in [0.717, 1.165) is 25.1 Å². The van der Waals surface area contributed by atoms with Gasteiger partial charge in [0.1, 0.15) is 5.82 Å². The highest BCUT2D eigenvalue weighted by Crippen LogP contribution is 2.26. The molecule has 1 saturated heterocycles. The van der Waals surface area contributed by atoms with Gasteiger partial charge in [-0.1, -0.05) is 0 Å². The van der Waals surface area contributed by atoms with Gasteiger partial charge in [0.25, 0.3) is 0 Å². The molecule has 0 spiro atoms. The molecule has 0 aliphatic carbocycles. The average Bonchev–Trinajstić information content (AvgIpc) is 2.99. The fraction of sp³-hybridized carbons (Fsp3) is 0.571. The van der Waals surface area contributed by atoms with Crippen molar-refractivity contribution in [2.24, 2.45) is 5.92 Å². The van der Waals surface area contributed by atoms with E-state index in [-0.39, 0.29) is 34.7 Å². The van der Waals surface area contributed by atoms with Gasteiger partial charge < -0.3 is 5.32 Å². The van der Waals surface area contributed by atoms with E-state index in [1.54, 1.807) is 0 Å². The molecule has 1 heterocycles. The Labute approximate surface area is 154 Å². The molecule has 0 radical (unpaired) electrons. The molecule has 144 valence electrons. The van der Waals surface area contributed by atoms with Crippen LogP contribution in [0.15, 0.2) is 23.1 Å². The summed E-state index contributed by atoms with van der Waals surface area (Å²) in [7, 11) is -5.61. The summed E-state index contributed by atoms with van der Waals surface area (Å²) in [6.07, 6.45) is 0.747. The van der Waals surface area contributed by atoms with E-state index in [1.165, 1.54) is 17.3 Å². The summed E-state index contributed by atoms with van der Waals surface area (Å²) in [6.45, 7) is 2.92. The van der Waals surface area contributed by atoms with Gasteiger partial charge in [0.15, 0.2) is 0 Å². The predicted octanol–water partition coefficient (Wildman–Crippen LogP) is 1.24. The van der Waals surface area contributed by atoms with Crippen LogP contribution in [0.2, 0.25) is 0 Å². The Hall–Kier alpha value is -0.940. The second kappa shape index (κ2) is 8.63. The number of benzene rings is 1. The number of sulfonamides is 2. The third kappa shape index (κ3) is 5.27. The molecule has 7 nitrogen and oxygen atoms in total. The largest absolute Gasteiger partial charge is 0.319 e. The molecule has 1 unspecified atom stereocenters. The van der Waals surface area contributed by atoms with E-state index in [2.05, 4.69) is 10.0 Å². The molecule has 11 heteroatoms. The highest BCUT2D eigenvalue weighted by Gasteiger charge is 2.32. The number of rotatable bonds is 7. The van der Waals surface area contributed by atoms with Crippen LogP contribution in [0.3, 0.4) is 0 Å². The van der Waals surface area contributed by atoms with Crippen LogP contribution < -0.4 is 10.0 Å². The molecule has 0 saturated carbocycles. The maximum atomic E-state index is 14.1. The third-order valence-electron chi connectivity index (χ3n) is 3.97. The molecule has 1 aromatic rings. The van der Waals surface area contributed by atoms with Crippen molar-refractivity contribution in [3.63, 3.8) is 0 Å². The van der Waals surface area contributed by atoms with E-state index in [0.29, 0.717) is 13.1 Å². The average molecular weight is 416 g/mol. The van der Waals surface area contributed by atoms with Crippen molar-refractivity contribution in [3.05, 3.63) is 24.0 Å². The van der Waals surface area contributed by atoms with Crippen LogP contribution in [-0.4, -0.2) is 53.6 Å². The third-order valence-corrected chi connectivity index (χ3v) is 7.12. The lowest BCUT2D eigenvalue weighted by Crippen LogP contribution is -2.30. The Kier molecular flexibility index (Phi) is 7.63. The molecule has 1 aliphatic rings. The van der Waals surface area contributed by atoms with E-state index in [4.69, 9.17) is 0 Å². The molecule has 2 N–H and O–H groups in total. The van der Waals surface area contributed by atoms with Gasteiger partial charge in [0.05, 0.1) is 16.3 Å². The lowest BCUT2D eigenvalue weighted by atomic mass is 10.1. The standard InChI is InChI=1S/C14H22FN3O4S2.ClH/c1-3-23(19,20)17-14-5-4-12(8-13(14)15)24(21,22)18-7-6-11(10-18)9-16-2;/h4-5,8,11,16-17H,3,6-7,9-10H2,1-2H3;1H. The van der Waals surface area contributed by atoms with Gasteiger partial charge in [-0.3, -0.25) is 4.72 Å². The van der Waals surface area contributed by atoms with Crippen molar-refractivity contribution in [1.29, 1.82) is 0 Å². The monoisotopic (exact) mass is 415 g/mol. The molecule has 0 aromatic heterocycles. The summed E-state index contributed by atoms with van der Waals surface area (Å²) in [5.41, 5.74) is -0.259. The zero-order valence-corrected chi connectivity index (χ0v) is 16.5. The Morgan fingerprint density at radius 1 is 1.28 bits per heavy atom. The van der Waals surface area contributed by atoms with Gasteiger partial charge in [0, 0.05) is 13.1 Å². The number of hydrogen-bond acceptors (Lipinski definition) is 5. The Morgan fingerprint density at radius 2 is 1.96 bits per heavy atom. The zero-order valence-electron chi connectivity index (χ0n) is 14.0. The summed E-state index contributed by atoms with van der Waals surface area (Å²) in [6, 6.07) is 3.21. The molecule has 0 bridgehead atoms. The quantitative estimate of drug-likeness (QED) is 0.698. The molecule has 0 amide bonds. The zero-order chi connectivity index (χ0) is 18.0. The minimum atomic E-state index is -3.79. The maximum absolute atomic E-state index is 14.1. The van der Waals surface area contributed by atoms with E-state index < -0.39 is 25.9 Å². The predicted molar refractivity (Wildman–Crippen MR) is 97.5 cm³/mol. The first-order valence-corrected chi connectivity index (χ1v) is 10.7. The molecule has 1 atom stereocenters. The molecule has 2 rings (SSSR count). The minimum absolute atomic E-state index is 0. The Balaban J connectivity index is 0.00000312. The van der Waals surface area contributed by atoms with Crippen molar-refractivity contribution in [1.82, 2.24) is 9.62 Å². The van der Waals surface area contributed by atoms with Crippen LogP contribution in [0.1, 0.15) is 13.3 Å². The first-order chi connectivity index (χ1) is 11.2. The first-order valence-electron chi connectivity index (χ1n) is 7.64. The van der Waals surface area contributed by atoms with Crippen LogP contribution in [0.25, 0.3) is 0 Å². The second-order valence-electron chi connectivity index (χ2n) is 5.72. The topological polar surface area (TPSA) is 95.6 Å². The molecule has 1 fully saturated rings. The maximum Gasteiger partial charge on any atom is 0.243 e. The highest BCUT2D eigenvalue weighted by atomic mass is 35.5. The fourth-order valence-electron chi connectivity index (χ4n) is 2.60. The summed E-state index contributed by atoms with van der Waals surface area (Å²) < 4.78 is 65.7. The SMILES string of the molecule is CCS(=O)(=O)Nc1ccc(S(=O)(=O)N2CCC(CNC)C2)cc1F.Cl. The molecular formula is C14H23ClFN3O4S2. The Morgan fingerprint density at radius 3 is 2.52 bits per heavy atom. The van der Waals surface area contributed by atoms with Crippen LogP contribution in [0.4, 0.5) is 10.1 Å². The normalized spacial score (nSPS) is 18.8. The summed E-state index contributed by atoms with van der Waals surface area (Å²) in [5.74, 6) is -0.892. The van der Waals surface area contributed by atoms with Crippen LogP contribution in [-0.2, 0) is 20.0 Å². The second-order valence-corrected chi connectivity index (χ2v) is 9.67. The van der Waals surface area contributed by atoms with Crippen molar-refractivity contribution < 1.29 is 21.2 Å². The van der Waals surface area contributed by atoms with Gasteiger partial charge in [-0.2, -0.15) is 4.31 Å². The number of nitrogens with one attached hydrogen (secondary N) is 2. The van der Waals surface area contributed by atoms with Crippen LogP contribution in [0, 0.1) is 11.7 Å². The molecular weight excluding hydrogens is 393 g/mol. The molecule has 25 heavy (non-hydrogen) atoms. The van der Waals surface area contributed by atoms with Gasteiger partial charge in [-0.15, -0.1) is 12.4 Å². The minimum Gasteiger partial charge on any atom is -0.319 e. The van der Waals surface area contributed by atoms with Gasteiger partial charge in [0.2, 0.25) is 20.0 Å². The van der Waals surface area contributed by atoms with Crippen LogP contribution in [0.5, 0.6) is 0 Å². The van der Waals surface area contributed by atoms with E-state index >= 15 is 0 Å². The van der Waals surface area contributed by atoms with Gasteiger partial charge in [-0.25, -0.2) is 21.2 Å². The van der Waals surface area contributed by atoms with Crippen molar-refractivity contribution >= 4 is 38.1 Å². The van der Waals surface area contributed by atoms with Crippen molar-refractivity contribution in [3.8, 4) is 0 Å². The molecule has 1 aromatic carbocycles. The highest BCUT2D eigenvalue weighted by molar-refractivity contribution is 7.92. The lowest BCUT2D eigenvalue weighted by molar-refractivity contribution is 0.450. The van der Waals surface area contributed by atoms with Crippen molar-refractivity contribution in [2.75, 3.05) is 37.2 Å². The number of hydrogen-bond donors (Lipinski definition) is 2. The van der Waals surface area contributed by atoms with Crippen LogP contribution >= 0.6 is 12.4 Å². The smallest absolute Gasteiger partial charge is 0.243 e. The lowest BCUT2D eigenvalue weighted by Gasteiger charge is -2.17. The number of halogens is 2. The van der Waals surface area contributed by atoms with Gasteiger partial charge >= 0.3 is 0 Å². The van der Waals surface area contributed by atoms with E-state index in [9.17, 15) is 21.2 Å². The first kappa shape index (κ1) is 22.1.